The van der Waals surface area contributed by atoms with E-state index in [0.717, 1.165) is 0 Å². The summed E-state index contributed by atoms with van der Waals surface area (Å²) in [5.41, 5.74) is 0.661. The van der Waals surface area contributed by atoms with Crippen LogP contribution in [0.15, 0.2) is 30.6 Å². The maximum Gasteiger partial charge on any atom is 0.280 e. The van der Waals surface area contributed by atoms with Crippen LogP contribution in [0.3, 0.4) is 0 Å². The molecule has 0 spiro atoms. The molecule has 0 amide bonds. The number of morpholine rings is 1. The van der Waals surface area contributed by atoms with Crippen molar-refractivity contribution in [3.8, 4) is 11.5 Å². The van der Waals surface area contributed by atoms with Crippen LogP contribution < -0.4 is 14.2 Å². The van der Waals surface area contributed by atoms with Gasteiger partial charge in [0.1, 0.15) is 23.4 Å². The number of benzene rings is 1. The Morgan fingerprint density at radius 3 is 2.21 bits per heavy atom. The van der Waals surface area contributed by atoms with Crippen LogP contribution >= 0.6 is 0 Å². The van der Waals surface area contributed by atoms with Gasteiger partial charge in [-0.05, 0) is 31.5 Å². The van der Waals surface area contributed by atoms with Gasteiger partial charge in [0.2, 0.25) is 0 Å². The first kappa shape index (κ1) is 21.6. The standard InChI is InChI=1S/C19H28N4O5S/c1-13-11-23(12-14(2)28-13)29(24,25)21-18(19-20-6-7-22(19)3)15-8-16(26-4)10-17(9-15)27-5/h6-10,13-14,18,21H,11-12H2,1-5H3. The highest BCUT2D eigenvalue weighted by Crippen LogP contribution is 2.30. The maximum absolute atomic E-state index is 13.2. The number of hydrogen-bond donors (Lipinski definition) is 1. The average molecular weight is 425 g/mol. The fraction of sp³-hybridized carbons (Fsp3) is 0.526. The normalized spacial score (nSPS) is 21.7. The first-order chi connectivity index (χ1) is 13.7. The molecule has 1 fully saturated rings. The summed E-state index contributed by atoms with van der Waals surface area (Å²) in [5, 5.41) is 0. The minimum absolute atomic E-state index is 0.182. The highest BCUT2D eigenvalue weighted by Gasteiger charge is 2.34. The molecule has 160 valence electrons. The van der Waals surface area contributed by atoms with E-state index in [-0.39, 0.29) is 25.3 Å². The monoisotopic (exact) mass is 424 g/mol. The molecule has 2 aromatic rings. The van der Waals surface area contributed by atoms with E-state index in [2.05, 4.69) is 9.71 Å². The second kappa shape index (κ2) is 8.70. The Morgan fingerprint density at radius 1 is 1.14 bits per heavy atom. The molecule has 3 unspecified atom stereocenters. The number of nitrogens with one attached hydrogen (secondary N) is 1. The molecule has 1 aromatic carbocycles. The average Bonchev–Trinajstić information content (AvgIpc) is 3.10. The molecule has 0 aliphatic carbocycles. The van der Waals surface area contributed by atoms with Gasteiger partial charge in [-0.3, -0.25) is 0 Å². The Labute approximate surface area is 171 Å². The topological polar surface area (TPSA) is 94.9 Å². The lowest BCUT2D eigenvalue weighted by Gasteiger charge is -2.35. The molecule has 1 aromatic heterocycles. The predicted octanol–water partition coefficient (Wildman–Crippen LogP) is 1.47. The molecule has 3 rings (SSSR count). The molecule has 1 N–H and O–H groups in total. The molecule has 2 heterocycles. The van der Waals surface area contributed by atoms with Crippen molar-refractivity contribution >= 4 is 10.2 Å². The van der Waals surface area contributed by atoms with Crippen molar-refractivity contribution in [1.29, 1.82) is 0 Å². The molecule has 1 aliphatic rings. The van der Waals surface area contributed by atoms with Crippen LogP contribution in [0, 0.1) is 0 Å². The summed E-state index contributed by atoms with van der Waals surface area (Å²) in [6.07, 6.45) is 3.04. The summed E-state index contributed by atoms with van der Waals surface area (Å²) in [5.74, 6) is 1.68. The SMILES string of the molecule is COc1cc(OC)cc(C(NS(=O)(=O)N2CC(C)OC(C)C2)c2nccn2C)c1. The van der Waals surface area contributed by atoms with E-state index in [1.165, 1.54) is 4.31 Å². The number of aryl methyl sites for hydroxylation is 1. The fourth-order valence-electron chi connectivity index (χ4n) is 3.47. The Morgan fingerprint density at radius 2 is 1.72 bits per heavy atom. The molecule has 1 aliphatic heterocycles. The van der Waals surface area contributed by atoms with E-state index in [9.17, 15) is 8.42 Å². The van der Waals surface area contributed by atoms with Crippen molar-refractivity contribution in [2.75, 3.05) is 27.3 Å². The van der Waals surface area contributed by atoms with Gasteiger partial charge in [-0.1, -0.05) is 0 Å². The number of rotatable bonds is 7. The van der Waals surface area contributed by atoms with Gasteiger partial charge in [-0.2, -0.15) is 17.4 Å². The number of imidazole rings is 1. The second-order valence-electron chi connectivity index (χ2n) is 7.17. The van der Waals surface area contributed by atoms with Gasteiger partial charge in [0.25, 0.3) is 10.2 Å². The fourth-order valence-corrected chi connectivity index (χ4v) is 4.97. The largest absolute Gasteiger partial charge is 0.497 e. The molecular formula is C19H28N4O5S. The van der Waals surface area contributed by atoms with Crippen LogP contribution in [0.2, 0.25) is 0 Å². The van der Waals surface area contributed by atoms with Gasteiger partial charge in [-0.15, -0.1) is 0 Å². The van der Waals surface area contributed by atoms with Crippen LogP contribution in [-0.2, 0) is 22.0 Å². The predicted molar refractivity (Wildman–Crippen MR) is 108 cm³/mol. The summed E-state index contributed by atoms with van der Waals surface area (Å²) in [4.78, 5) is 4.37. The van der Waals surface area contributed by atoms with Crippen molar-refractivity contribution < 1.29 is 22.6 Å². The third-order valence-electron chi connectivity index (χ3n) is 4.82. The number of aromatic nitrogens is 2. The Bertz CT molecular complexity index is 914. The van der Waals surface area contributed by atoms with E-state index in [1.54, 1.807) is 49.4 Å². The molecule has 0 radical (unpaired) electrons. The lowest BCUT2D eigenvalue weighted by atomic mass is 10.1. The molecule has 1 saturated heterocycles. The minimum Gasteiger partial charge on any atom is -0.497 e. The quantitative estimate of drug-likeness (QED) is 0.723. The van der Waals surface area contributed by atoms with Gasteiger partial charge in [0.15, 0.2) is 0 Å². The van der Waals surface area contributed by atoms with Gasteiger partial charge in [0.05, 0.1) is 26.4 Å². The first-order valence-corrected chi connectivity index (χ1v) is 10.8. The third-order valence-corrected chi connectivity index (χ3v) is 6.33. The first-order valence-electron chi connectivity index (χ1n) is 9.36. The zero-order chi connectivity index (χ0) is 21.2. The van der Waals surface area contributed by atoms with Gasteiger partial charge < -0.3 is 18.8 Å². The van der Waals surface area contributed by atoms with Crippen LogP contribution in [0.1, 0.15) is 31.3 Å². The Kier molecular flexibility index (Phi) is 6.47. The molecule has 29 heavy (non-hydrogen) atoms. The van der Waals surface area contributed by atoms with Gasteiger partial charge in [0, 0.05) is 38.6 Å². The number of ether oxygens (including phenoxy) is 3. The van der Waals surface area contributed by atoms with Crippen LogP contribution in [0.5, 0.6) is 11.5 Å². The molecule has 0 bridgehead atoms. The van der Waals surface area contributed by atoms with Crippen molar-refractivity contribution in [3.63, 3.8) is 0 Å². The Hall–Kier alpha value is -2.14. The van der Waals surface area contributed by atoms with E-state index in [1.807, 2.05) is 20.9 Å². The Balaban J connectivity index is 2.01. The van der Waals surface area contributed by atoms with Crippen LogP contribution in [0.4, 0.5) is 0 Å². The van der Waals surface area contributed by atoms with Crippen molar-refractivity contribution in [1.82, 2.24) is 18.6 Å². The highest BCUT2D eigenvalue weighted by molar-refractivity contribution is 7.87. The van der Waals surface area contributed by atoms with Crippen molar-refractivity contribution in [2.45, 2.75) is 32.1 Å². The van der Waals surface area contributed by atoms with E-state index in [4.69, 9.17) is 14.2 Å². The molecule has 0 saturated carbocycles. The summed E-state index contributed by atoms with van der Waals surface area (Å²) in [7, 11) is 1.11. The van der Waals surface area contributed by atoms with Crippen molar-refractivity contribution in [2.24, 2.45) is 7.05 Å². The van der Waals surface area contributed by atoms with Crippen molar-refractivity contribution in [3.05, 3.63) is 42.0 Å². The summed E-state index contributed by atoms with van der Waals surface area (Å²) >= 11 is 0. The molecular weight excluding hydrogens is 396 g/mol. The van der Waals surface area contributed by atoms with Gasteiger partial charge >= 0.3 is 0 Å². The molecule has 3 atom stereocenters. The van der Waals surface area contributed by atoms with Crippen LogP contribution in [0.25, 0.3) is 0 Å². The second-order valence-corrected chi connectivity index (χ2v) is 8.87. The van der Waals surface area contributed by atoms with E-state index in [0.29, 0.717) is 22.9 Å². The third kappa shape index (κ3) is 4.89. The van der Waals surface area contributed by atoms with E-state index < -0.39 is 16.3 Å². The molecule has 9 nitrogen and oxygen atoms in total. The highest BCUT2D eigenvalue weighted by atomic mass is 32.2. The van der Waals surface area contributed by atoms with Gasteiger partial charge in [-0.25, -0.2) is 4.98 Å². The summed E-state index contributed by atoms with van der Waals surface area (Å²) < 4.78 is 48.9. The molecule has 10 heteroatoms. The zero-order valence-electron chi connectivity index (χ0n) is 17.3. The lowest BCUT2D eigenvalue weighted by molar-refractivity contribution is -0.0444. The number of nitrogens with zero attached hydrogens (tertiary/aromatic N) is 3. The lowest BCUT2D eigenvalue weighted by Crippen LogP contribution is -2.52. The maximum atomic E-state index is 13.2. The number of hydrogen-bond acceptors (Lipinski definition) is 6. The minimum atomic E-state index is -3.81. The number of methoxy groups -OCH3 is 2. The van der Waals surface area contributed by atoms with Crippen LogP contribution in [-0.4, -0.2) is 61.8 Å². The smallest absolute Gasteiger partial charge is 0.280 e. The zero-order valence-corrected chi connectivity index (χ0v) is 18.1. The summed E-state index contributed by atoms with van der Waals surface area (Å²) in [6, 6.07) is 4.56. The summed E-state index contributed by atoms with van der Waals surface area (Å²) in [6.45, 7) is 4.30. The van der Waals surface area contributed by atoms with E-state index >= 15 is 0 Å².